The highest BCUT2D eigenvalue weighted by molar-refractivity contribution is 6.30. The fourth-order valence-electron chi connectivity index (χ4n) is 4.14. The van der Waals surface area contributed by atoms with Gasteiger partial charge in [0.15, 0.2) is 0 Å². The van der Waals surface area contributed by atoms with Gasteiger partial charge in [-0.1, -0.05) is 41.4 Å². The van der Waals surface area contributed by atoms with E-state index in [1.807, 2.05) is 48.9 Å². The molecule has 1 saturated heterocycles. The van der Waals surface area contributed by atoms with E-state index in [0.29, 0.717) is 6.54 Å². The zero-order valence-electron chi connectivity index (χ0n) is 18.9. The average molecular weight is 452 g/mol. The van der Waals surface area contributed by atoms with Crippen molar-refractivity contribution in [3.05, 3.63) is 76.1 Å². The molecule has 1 N–H and O–H groups in total. The quantitative estimate of drug-likeness (QED) is 0.610. The summed E-state index contributed by atoms with van der Waals surface area (Å²) >= 11 is 6.10. The van der Waals surface area contributed by atoms with Gasteiger partial charge in [0.1, 0.15) is 0 Å². The summed E-state index contributed by atoms with van der Waals surface area (Å²) in [7, 11) is 0. The maximum atomic E-state index is 12.8. The van der Waals surface area contributed by atoms with E-state index < -0.39 is 0 Å². The van der Waals surface area contributed by atoms with Gasteiger partial charge in [0.2, 0.25) is 5.91 Å². The Morgan fingerprint density at radius 2 is 1.69 bits per heavy atom. The van der Waals surface area contributed by atoms with Crippen molar-refractivity contribution >= 4 is 23.2 Å². The lowest BCUT2D eigenvalue weighted by molar-refractivity contribution is -0.117. The summed E-state index contributed by atoms with van der Waals surface area (Å²) in [4.78, 5) is 17.4. The minimum atomic E-state index is 0.00273. The van der Waals surface area contributed by atoms with Crippen molar-refractivity contribution in [3.63, 3.8) is 0 Å². The zero-order valence-corrected chi connectivity index (χ0v) is 19.7. The smallest absolute Gasteiger partial charge is 0.238 e. The Kier molecular flexibility index (Phi) is 6.94. The van der Waals surface area contributed by atoms with E-state index in [0.717, 1.165) is 60.5 Å². The lowest BCUT2D eigenvalue weighted by Crippen LogP contribution is -2.48. The van der Waals surface area contributed by atoms with Crippen LogP contribution in [0.3, 0.4) is 0 Å². The first-order valence-corrected chi connectivity index (χ1v) is 11.4. The molecule has 0 aliphatic carbocycles. The third-order valence-corrected chi connectivity index (χ3v) is 6.20. The Bertz CT molecular complexity index is 1080. The van der Waals surface area contributed by atoms with Gasteiger partial charge in [-0.2, -0.15) is 5.10 Å². The molecule has 0 saturated carbocycles. The molecule has 0 bridgehead atoms. The van der Waals surface area contributed by atoms with Gasteiger partial charge < -0.3 is 5.32 Å². The number of nitrogens with one attached hydrogen (secondary N) is 1. The van der Waals surface area contributed by atoms with Crippen LogP contribution in [0.25, 0.3) is 5.69 Å². The molecular weight excluding hydrogens is 422 g/mol. The first kappa shape index (κ1) is 22.5. The molecule has 1 aliphatic heterocycles. The standard InChI is InChI=1S/C25H30ClN5O/c1-18-7-9-23(10-8-18)31-20(3)25(19(2)28-31)27-24(32)17-30-13-11-29(12-14-30)16-21-5-4-6-22(26)15-21/h4-10,15H,11-14,16-17H2,1-3H3,(H,27,32). The van der Waals surface area contributed by atoms with Crippen LogP contribution in [0.4, 0.5) is 5.69 Å². The molecule has 32 heavy (non-hydrogen) atoms. The number of nitrogens with zero attached hydrogens (tertiary/aromatic N) is 4. The van der Waals surface area contributed by atoms with Gasteiger partial charge in [-0.25, -0.2) is 4.68 Å². The molecule has 2 aromatic carbocycles. The Morgan fingerprint density at radius 3 is 2.38 bits per heavy atom. The van der Waals surface area contributed by atoms with Crippen molar-refractivity contribution in [1.29, 1.82) is 0 Å². The van der Waals surface area contributed by atoms with Crippen molar-refractivity contribution in [2.45, 2.75) is 27.3 Å². The van der Waals surface area contributed by atoms with Crippen LogP contribution in [0.1, 0.15) is 22.5 Å². The number of carbonyl (C=O) groups excluding carboxylic acids is 1. The number of aryl methyl sites for hydroxylation is 2. The van der Waals surface area contributed by atoms with E-state index in [1.165, 1.54) is 11.1 Å². The van der Waals surface area contributed by atoms with Gasteiger partial charge in [-0.3, -0.25) is 14.6 Å². The van der Waals surface area contributed by atoms with Crippen molar-refractivity contribution in [2.24, 2.45) is 0 Å². The molecule has 0 unspecified atom stereocenters. The molecule has 168 valence electrons. The van der Waals surface area contributed by atoms with Crippen LogP contribution in [-0.4, -0.2) is 58.2 Å². The molecule has 1 amide bonds. The molecule has 4 rings (SSSR count). The van der Waals surface area contributed by atoms with Gasteiger partial charge in [0, 0.05) is 37.7 Å². The molecule has 7 heteroatoms. The molecule has 3 aromatic rings. The van der Waals surface area contributed by atoms with E-state index in [2.05, 4.69) is 45.3 Å². The SMILES string of the molecule is Cc1ccc(-n2nc(C)c(NC(=O)CN3CCN(Cc4cccc(Cl)c4)CC3)c2C)cc1. The minimum Gasteiger partial charge on any atom is -0.322 e. The Labute approximate surface area is 194 Å². The van der Waals surface area contributed by atoms with Crippen molar-refractivity contribution in [3.8, 4) is 5.69 Å². The van der Waals surface area contributed by atoms with Crippen molar-refractivity contribution in [2.75, 3.05) is 38.0 Å². The fourth-order valence-corrected chi connectivity index (χ4v) is 4.35. The molecule has 1 fully saturated rings. The largest absolute Gasteiger partial charge is 0.322 e. The highest BCUT2D eigenvalue weighted by Crippen LogP contribution is 2.23. The van der Waals surface area contributed by atoms with E-state index in [-0.39, 0.29) is 5.91 Å². The first-order valence-electron chi connectivity index (χ1n) is 11.0. The molecule has 0 spiro atoms. The lowest BCUT2D eigenvalue weighted by atomic mass is 10.2. The van der Waals surface area contributed by atoms with E-state index in [1.54, 1.807) is 0 Å². The summed E-state index contributed by atoms with van der Waals surface area (Å²) in [5.74, 6) is 0.00273. The van der Waals surface area contributed by atoms with Gasteiger partial charge in [0.05, 0.1) is 29.3 Å². The van der Waals surface area contributed by atoms with E-state index in [4.69, 9.17) is 11.6 Å². The number of halogens is 1. The van der Waals surface area contributed by atoms with Gasteiger partial charge in [-0.15, -0.1) is 0 Å². The number of piperazine rings is 1. The Hall–Kier alpha value is -2.67. The van der Waals surface area contributed by atoms with E-state index >= 15 is 0 Å². The van der Waals surface area contributed by atoms with Crippen LogP contribution in [-0.2, 0) is 11.3 Å². The average Bonchev–Trinajstić information content (AvgIpc) is 3.04. The summed E-state index contributed by atoms with van der Waals surface area (Å²) in [6.07, 6.45) is 0. The number of hydrogen-bond donors (Lipinski definition) is 1. The number of carbonyl (C=O) groups is 1. The summed E-state index contributed by atoms with van der Waals surface area (Å²) in [6, 6.07) is 16.2. The van der Waals surface area contributed by atoms with E-state index in [9.17, 15) is 4.79 Å². The second kappa shape index (κ2) is 9.86. The summed E-state index contributed by atoms with van der Waals surface area (Å²) in [5, 5.41) is 8.50. The number of aromatic nitrogens is 2. The number of hydrogen-bond acceptors (Lipinski definition) is 4. The Balaban J connectivity index is 1.31. The molecule has 1 aromatic heterocycles. The van der Waals surface area contributed by atoms with Gasteiger partial charge in [-0.05, 0) is 50.6 Å². The number of anilines is 1. The zero-order chi connectivity index (χ0) is 22.7. The first-order chi connectivity index (χ1) is 15.4. The third-order valence-electron chi connectivity index (χ3n) is 5.96. The second-order valence-electron chi connectivity index (χ2n) is 8.52. The second-order valence-corrected chi connectivity index (χ2v) is 8.96. The van der Waals surface area contributed by atoms with Gasteiger partial charge >= 0.3 is 0 Å². The molecular formula is C25H30ClN5O. The third kappa shape index (κ3) is 5.38. The fraction of sp³-hybridized carbons (Fsp3) is 0.360. The Morgan fingerprint density at radius 1 is 1.00 bits per heavy atom. The summed E-state index contributed by atoms with van der Waals surface area (Å²) in [5.41, 5.74) is 5.98. The highest BCUT2D eigenvalue weighted by Gasteiger charge is 2.21. The predicted molar refractivity (Wildman–Crippen MR) is 130 cm³/mol. The lowest BCUT2D eigenvalue weighted by Gasteiger charge is -2.34. The highest BCUT2D eigenvalue weighted by atomic mass is 35.5. The van der Waals surface area contributed by atoms with Crippen LogP contribution in [0.2, 0.25) is 5.02 Å². The molecule has 1 aliphatic rings. The normalized spacial score (nSPS) is 15.1. The number of amides is 1. The van der Waals surface area contributed by atoms with Crippen LogP contribution < -0.4 is 5.32 Å². The topological polar surface area (TPSA) is 53.4 Å². The van der Waals surface area contributed by atoms with Crippen LogP contribution >= 0.6 is 11.6 Å². The van der Waals surface area contributed by atoms with Crippen LogP contribution in [0.5, 0.6) is 0 Å². The molecule has 6 nitrogen and oxygen atoms in total. The van der Waals surface area contributed by atoms with Crippen LogP contribution in [0, 0.1) is 20.8 Å². The monoisotopic (exact) mass is 451 g/mol. The van der Waals surface area contributed by atoms with Crippen molar-refractivity contribution in [1.82, 2.24) is 19.6 Å². The number of benzene rings is 2. The molecule has 0 atom stereocenters. The molecule has 2 heterocycles. The maximum absolute atomic E-state index is 12.8. The van der Waals surface area contributed by atoms with Gasteiger partial charge in [0.25, 0.3) is 0 Å². The minimum absolute atomic E-state index is 0.00273. The maximum Gasteiger partial charge on any atom is 0.238 e. The number of rotatable bonds is 6. The van der Waals surface area contributed by atoms with Crippen molar-refractivity contribution < 1.29 is 4.79 Å². The molecule has 0 radical (unpaired) electrons. The van der Waals surface area contributed by atoms with Crippen LogP contribution in [0.15, 0.2) is 48.5 Å². The summed E-state index contributed by atoms with van der Waals surface area (Å²) in [6.45, 7) is 10.9. The predicted octanol–water partition coefficient (Wildman–Crippen LogP) is 4.21. The summed E-state index contributed by atoms with van der Waals surface area (Å²) < 4.78 is 1.89.